The molecule has 0 aliphatic rings. The highest BCUT2D eigenvalue weighted by atomic mass is 16.5. The first-order valence-electron chi connectivity index (χ1n) is 17.2. The molecule has 7 atom stereocenters. The Kier molecular flexibility index (Phi) is 19.4. The Labute approximate surface area is 300 Å². The molecule has 1 rings (SSSR count). The summed E-state index contributed by atoms with van der Waals surface area (Å²) in [6, 6.07) is 3.21. The Hall–Kier alpha value is -4.57. The van der Waals surface area contributed by atoms with Crippen LogP contribution in [0.15, 0.2) is 30.3 Å². The van der Waals surface area contributed by atoms with Crippen LogP contribution in [0.25, 0.3) is 0 Å². The molecule has 1 unspecified atom stereocenters. The minimum Gasteiger partial charge on any atom is -0.467 e. The summed E-state index contributed by atoms with van der Waals surface area (Å²) in [7, 11) is 1.22. The summed E-state index contributed by atoms with van der Waals surface area (Å²) in [5.74, 6) is -5.32. The lowest BCUT2D eigenvalue weighted by molar-refractivity contribution is -0.147. The van der Waals surface area contributed by atoms with E-state index < -0.39 is 84.3 Å². The second-order valence-electron chi connectivity index (χ2n) is 13.4. The first-order valence-corrected chi connectivity index (χ1v) is 17.2. The topological polar surface area (TPSA) is 247 Å². The molecule has 0 aliphatic heterocycles. The number of methoxy groups -OCH3 is 1. The second-order valence-corrected chi connectivity index (χ2v) is 13.4. The summed E-state index contributed by atoms with van der Waals surface area (Å²) in [6.07, 6.45) is -1.19. The van der Waals surface area contributed by atoms with E-state index in [1.165, 1.54) is 14.0 Å². The molecular weight excluding hydrogens is 662 g/mol. The molecule has 0 spiro atoms. The third-order valence-electron chi connectivity index (χ3n) is 8.11. The average Bonchev–Trinajstić information content (AvgIpc) is 3.06. The van der Waals surface area contributed by atoms with Crippen LogP contribution in [-0.2, 0) is 44.7 Å². The molecule has 9 N–H and O–H groups in total. The van der Waals surface area contributed by atoms with Crippen LogP contribution >= 0.6 is 0 Å². The van der Waals surface area contributed by atoms with Crippen molar-refractivity contribution in [1.29, 1.82) is 0 Å². The molecule has 0 aliphatic carbocycles. The SMILES string of the molecule is CC[C@H](C)[C@H](NC(O)CNC(=O)[C@H](Cc1ccccc1)NC(=O)[C@H](CC(N)=O)NC(=O)[C@H](CC(C)C)NC(C)=O)C(=O)N[C@H](C(=O)OC)C(C)C. The van der Waals surface area contributed by atoms with E-state index in [9.17, 15) is 38.7 Å². The molecule has 6 amide bonds. The number of benzene rings is 1. The van der Waals surface area contributed by atoms with Crippen molar-refractivity contribution in [2.75, 3.05) is 13.7 Å². The Morgan fingerprint density at radius 3 is 1.88 bits per heavy atom. The lowest BCUT2D eigenvalue weighted by atomic mass is 9.96. The number of rotatable bonds is 22. The zero-order valence-electron chi connectivity index (χ0n) is 30.9. The van der Waals surface area contributed by atoms with Crippen molar-refractivity contribution in [3.8, 4) is 0 Å². The summed E-state index contributed by atoms with van der Waals surface area (Å²) >= 11 is 0. The van der Waals surface area contributed by atoms with Gasteiger partial charge in [-0.05, 0) is 29.7 Å². The molecule has 0 radical (unpaired) electrons. The van der Waals surface area contributed by atoms with Crippen molar-refractivity contribution in [3.05, 3.63) is 35.9 Å². The molecular formula is C35H57N7O9. The maximum Gasteiger partial charge on any atom is 0.328 e. The van der Waals surface area contributed by atoms with Gasteiger partial charge in [0.1, 0.15) is 30.4 Å². The maximum absolute atomic E-state index is 13.5. The van der Waals surface area contributed by atoms with Crippen LogP contribution < -0.4 is 37.6 Å². The minimum atomic E-state index is -1.47. The number of esters is 1. The van der Waals surface area contributed by atoms with E-state index in [2.05, 4.69) is 31.9 Å². The minimum absolute atomic E-state index is 0.00304. The van der Waals surface area contributed by atoms with E-state index in [4.69, 9.17) is 10.5 Å². The zero-order chi connectivity index (χ0) is 38.8. The van der Waals surface area contributed by atoms with E-state index in [0.29, 0.717) is 12.0 Å². The maximum atomic E-state index is 13.5. The molecule has 0 heterocycles. The second kappa shape index (κ2) is 22.3. The van der Waals surface area contributed by atoms with Crippen LogP contribution in [0, 0.1) is 17.8 Å². The summed E-state index contributed by atoms with van der Waals surface area (Å²) < 4.78 is 4.81. The van der Waals surface area contributed by atoms with Crippen molar-refractivity contribution in [1.82, 2.24) is 31.9 Å². The Morgan fingerprint density at radius 2 is 1.37 bits per heavy atom. The molecule has 0 saturated carbocycles. The summed E-state index contributed by atoms with van der Waals surface area (Å²) in [5.41, 5.74) is 6.06. The van der Waals surface area contributed by atoms with Crippen LogP contribution in [0.2, 0.25) is 0 Å². The molecule has 0 aromatic heterocycles. The quantitative estimate of drug-likeness (QED) is 0.0557. The van der Waals surface area contributed by atoms with Gasteiger partial charge in [0.2, 0.25) is 35.4 Å². The van der Waals surface area contributed by atoms with E-state index in [-0.39, 0.29) is 37.1 Å². The molecule has 0 bridgehead atoms. The van der Waals surface area contributed by atoms with Crippen LogP contribution in [0.1, 0.15) is 73.3 Å². The number of nitrogens with one attached hydrogen (secondary N) is 6. The lowest BCUT2D eigenvalue weighted by Gasteiger charge is -2.29. The van der Waals surface area contributed by atoms with Crippen LogP contribution in [-0.4, -0.2) is 96.6 Å². The first-order chi connectivity index (χ1) is 23.9. The first kappa shape index (κ1) is 44.5. The highest BCUT2D eigenvalue weighted by molar-refractivity contribution is 5.96. The highest BCUT2D eigenvalue weighted by Crippen LogP contribution is 2.12. The van der Waals surface area contributed by atoms with Crippen LogP contribution in [0.3, 0.4) is 0 Å². The Morgan fingerprint density at radius 1 is 0.784 bits per heavy atom. The number of ether oxygens (including phenoxy) is 1. The predicted octanol–water partition coefficient (Wildman–Crippen LogP) is -0.622. The molecule has 51 heavy (non-hydrogen) atoms. The van der Waals surface area contributed by atoms with Gasteiger partial charge in [-0.25, -0.2) is 4.79 Å². The average molecular weight is 720 g/mol. The third kappa shape index (κ3) is 16.3. The number of aliphatic hydroxyl groups excluding tert-OH is 1. The smallest absolute Gasteiger partial charge is 0.328 e. The van der Waals surface area contributed by atoms with E-state index in [1.807, 2.05) is 20.8 Å². The Balaban J connectivity index is 3.18. The number of primary amides is 1. The highest BCUT2D eigenvalue weighted by Gasteiger charge is 2.33. The molecule has 16 nitrogen and oxygen atoms in total. The zero-order valence-corrected chi connectivity index (χ0v) is 30.9. The largest absolute Gasteiger partial charge is 0.467 e. The van der Waals surface area contributed by atoms with Crippen molar-refractivity contribution < 1.29 is 43.4 Å². The van der Waals surface area contributed by atoms with Gasteiger partial charge in [-0.1, -0.05) is 78.3 Å². The fourth-order valence-corrected chi connectivity index (χ4v) is 5.15. The number of carbonyl (C=O) groups is 7. The third-order valence-corrected chi connectivity index (χ3v) is 8.11. The standard InChI is InChI=1S/C35H57N7O9/c1-9-21(6)30(34(49)42-29(20(4)5)35(50)51-8)41-28(45)18-37-31(46)25(16-23-13-11-10-12-14-23)39-33(48)26(17-27(36)44)40-32(47)24(15-19(2)3)38-22(7)43/h10-14,19-21,24-26,28-30,41,45H,9,15-18H2,1-8H3,(H2,36,44)(H,37,46)(H,38,43)(H,39,48)(H,40,47)(H,42,49)/t21-,24-,25-,26-,28?,29-,30-/m0/s1. The van der Waals surface area contributed by atoms with Gasteiger partial charge < -0.3 is 42.2 Å². The fraction of sp³-hybridized carbons (Fsp3) is 0.629. The van der Waals surface area contributed by atoms with Crippen molar-refractivity contribution in [3.63, 3.8) is 0 Å². The van der Waals surface area contributed by atoms with Gasteiger partial charge in [-0.2, -0.15) is 0 Å². The number of carbonyl (C=O) groups excluding carboxylic acids is 7. The van der Waals surface area contributed by atoms with E-state index in [0.717, 1.165) is 0 Å². The van der Waals surface area contributed by atoms with E-state index in [1.54, 1.807) is 51.1 Å². The molecule has 1 aromatic rings. The van der Waals surface area contributed by atoms with Gasteiger partial charge in [0.15, 0.2) is 0 Å². The number of aliphatic hydroxyl groups is 1. The van der Waals surface area contributed by atoms with E-state index >= 15 is 0 Å². The Bertz CT molecular complexity index is 1330. The van der Waals surface area contributed by atoms with Gasteiger partial charge >= 0.3 is 5.97 Å². The van der Waals surface area contributed by atoms with Gasteiger partial charge in [0, 0.05) is 13.3 Å². The van der Waals surface area contributed by atoms with Crippen molar-refractivity contribution in [2.24, 2.45) is 23.5 Å². The summed E-state index contributed by atoms with van der Waals surface area (Å²) in [4.78, 5) is 89.3. The van der Waals surface area contributed by atoms with Gasteiger partial charge in [-0.15, -0.1) is 0 Å². The number of nitrogens with two attached hydrogens (primary N) is 1. The molecule has 0 saturated heterocycles. The summed E-state index contributed by atoms with van der Waals surface area (Å²) in [6.45, 7) is 11.7. The molecule has 1 aromatic carbocycles. The number of amides is 6. The van der Waals surface area contributed by atoms with Crippen molar-refractivity contribution >= 4 is 41.4 Å². The van der Waals surface area contributed by atoms with Crippen LogP contribution in [0.4, 0.5) is 0 Å². The predicted molar refractivity (Wildman–Crippen MR) is 189 cm³/mol. The van der Waals surface area contributed by atoms with Gasteiger partial charge in [0.05, 0.1) is 26.1 Å². The molecule has 16 heteroatoms. The van der Waals surface area contributed by atoms with Crippen LogP contribution in [0.5, 0.6) is 0 Å². The monoisotopic (exact) mass is 719 g/mol. The number of hydrogen-bond acceptors (Lipinski definition) is 10. The normalized spacial score (nSPS) is 15.3. The molecule has 0 fully saturated rings. The van der Waals surface area contributed by atoms with Gasteiger partial charge in [0.25, 0.3) is 0 Å². The van der Waals surface area contributed by atoms with Crippen molar-refractivity contribution in [2.45, 2.75) is 111 Å². The molecule has 286 valence electrons. The number of hydrogen-bond donors (Lipinski definition) is 8. The summed E-state index contributed by atoms with van der Waals surface area (Å²) in [5, 5.41) is 26.5. The fourth-order valence-electron chi connectivity index (χ4n) is 5.15. The lowest BCUT2D eigenvalue weighted by Crippen LogP contribution is -2.59. The van der Waals surface area contributed by atoms with Gasteiger partial charge in [-0.3, -0.25) is 34.1 Å².